The molecule has 1 saturated heterocycles. The second-order valence-corrected chi connectivity index (χ2v) is 8.19. The van der Waals surface area contributed by atoms with Crippen molar-refractivity contribution in [2.45, 2.75) is 17.7 Å². The molecule has 5 nitrogen and oxygen atoms in total. The number of carbonyl (C=O) groups is 2. The summed E-state index contributed by atoms with van der Waals surface area (Å²) in [5.74, 6) is 0.138. The van der Waals surface area contributed by atoms with Crippen LogP contribution < -0.4 is 10.1 Å². The lowest BCUT2D eigenvalue weighted by Crippen LogP contribution is -2.41. The molecule has 1 heterocycles. The van der Waals surface area contributed by atoms with Crippen molar-refractivity contribution in [3.05, 3.63) is 59.4 Å². The second kappa shape index (κ2) is 12.1. The minimum absolute atomic E-state index is 0. The second-order valence-electron chi connectivity index (χ2n) is 7.31. The first kappa shape index (κ1) is 25.2. The SMILES string of the molecule is COc1ccc(SC)cc1C(=O)NCCN1CCC(C(=O)c2ccc(F)cc2)CC1.Cl. The number of nitrogens with one attached hydrogen (secondary N) is 1. The largest absolute Gasteiger partial charge is 0.496 e. The third-order valence-corrected chi connectivity index (χ3v) is 6.18. The Morgan fingerprint density at radius 2 is 1.84 bits per heavy atom. The molecular formula is C23H28ClFN2O3S. The summed E-state index contributed by atoms with van der Waals surface area (Å²) in [5, 5.41) is 2.97. The van der Waals surface area contributed by atoms with Crippen molar-refractivity contribution in [2.24, 2.45) is 5.92 Å². The molecule has 1 aliphatic heterocycles. The average molecular weight is 467 g/mol. The summed E-state index contributed by atoms with van der Waals surface area (Å²) in [4.78, 5) is 28.4. The van der Waals surface area contributed by atoms with E-state index in [0.29, 0.717) is 23.4 Å². The molecule has 1 aliphatic rings. The molecule has 1 fully saturated rings. The Labute approximate surface area is 193 Å². The minimum Gasteiger partial charge on any atom is -0.496 e. The molecule has 0 aliphatic carbocycles. The number of piperidine rings is 1. The first-order valence-corrected chi connectivity index (χ1v) is 11.3. The molecule has 3 rings (SSSR count). The Bertz CT molecular complexity index is 887. The van der Waals surface area contributed by atoms with Gasteiger partial charge in [-0.15, -0.1) is 24.2 Å². The van der Waals surface area contributed by atoms with Crippen LogP contribution in [0.4, 0.5) is 4.39 Å². The molecule has 0 atom stereocenters. The molecule has 8 heteroatoms. The number of amides is 1. The number of likely N-dealkylation sites (tertiary alicyclic amines) is 1. The number of ketones is 1. The first-order valence-electron chi connectivity index (χ1n) is 10.0. The van der Waals surface area contributed by atoms with E-state index in [2.05, 4.69) is 10.2 Å². The number of thioether (sulfide) groups is 1. The number of halogens is 2. The van der Waals surface area contributed by atoms with Crippen LogP contribution in [0, 0.1) is 11.7 Å². The lowest BCUT2D eigenvalue weighted by molar-refractivity contribution is 0.0839. The Kier molecular flexibility index (Phi) is 9.81. The van der Waals surface area contributed by atoms with E-state index in [0.717, 1.165) is 37.4 Å². The third kappa shape index (κ3) is 6.69. The van der Waals surface area contributed by atoms with Crippen LogP contribution in [-0.2, 0) is 0 Å². The van der Waals surface area contributed by atoms with Crippen LogP contribution in [0.3, 0.4) is 0 Å². The van der Waals surface area contributed by atoms with Crippen LogP contribution >= 0.6 is 24.2 Å². The molecule has 0 bridgehead atoms. The zero-order chi connectivity index (χ0) is 21.5. The average Bonchev–Trinajstić information content (AvgIpc) is 2.79. The van der Waals surface area contributed by atoms with Crippen LogP contribution in [0.1, 0.15) is 33.6 Å². The maximum Gasteiger partial charge on any atom is 0.255 e. The summed E-state index contributed by atoms with van der Waals surface area (Å²) in [5.41, 5.74) is 1.11. The van der Waals surface area contributed by atoms with Gasteiger partial charge in [0.1, 0.15) is 11.6 Å². The summed E-state index contributed by atoms with van der Waals surface area (Å²) >= 11 is 1.58. The number of rotatable bonds is 8. The molecular weight excluding hydrogens is 439 g/mol. The van der Waals surface area contributed by atoms with E-state index in [1.807, 2.05) is 24.5 Å². The molecule has 2 aromatic carbocycles. The van der Waals surface area contributed by atoms with Crippen molar-refractivity contribution in [1.29, 1.82) is 0 Å². The molecule has 0 saturated carbocycles. The molecule has 31 heavy (non-hydrogen) atoms. The van der Waals surface area contributed by atoms with Crippen LogP contribution in [0.5, 0.6) is 5.75 Å². The molecule has 0 aromatic heterocycles. The standard InChI is InChI=1S/C23H27FN2O3S.ClH/c1-29-21-8-7-19(30-2)15-20(21)23(28)25-11-14-26-12-9-17(10-13-26)22(27)16-3-5-18(24)6-4-16;/h3-8,15,17H,9-14H2,1-2H3,(H,25,28);1H. The summed E-state index contributed by atoms with van der Waals surface area (Å²) in [6.45, 7) is 2.87. The van der Waals surface area contributed by atoms with Crippen LogP contribution in [0.2, 0.25) is 0 Å². The highest BCUT2D eigenvalue weighted by atomic mass is 35.5. The van der Waals surface area contributed by atoms with Crippen molar-refractivity contribution < 1.29 is 18.7 Å². The Hall–Kier alpha value is -2.09. The fraction of sp³-hybridized carbons (Fsp3) is 0.391. The smallest absolute Gasteiger partial charge is 0.255 e. The van der Waals surface area contributed by atoms with Gasteiger partial charge in [0.15, 0.2) is 5.78 Å². The molecule has 1 amide bonds. The lowest BCUT2D eigenvalue weighted by Gasteiger charge is -2.31. The van der Waals surface area contributed by atoms with E-state index in [9.17, 15) is 14.0 Å². The number of ether oxygens (including phenoxy) is 1. The molecule has 168 valence electrons. The zero-order valence-corrected chi connectivity index (χ0v) is 19.4. The summed E-state index contributed by atoms with van der Waals surface area (Å²) < 4.78 is 18.4. The Morgan fingerprint density at radius 1 is 1.16 bits per heavy atom. The van der Waals surface area contributed by atoms with Gasteiger partial charge in [0.05, 0.1) is 12.7 Å². The van der Waals surface area contributed by atoms with Gasteiger partial charge in [-0.1, -0.05) is 0 Å². The predicted octanol–water partition coefficient (Wildman–Crippen LogP) is 4.30. The van der Waals surface area contributed by atoms with Gasteiger partial charge in [-0.25, -0.2) is 4.39 Å². The quantitative estimate of drug-likeness (QED) is 0.464. The Morgan fingerprint density at radius 3 is 2.45 bits per heavy atom. The molecule has 1 N–H and O–H groups in total. The molecule has 0 radical (unpaired) electrons. The highest BCUT2D eigenvalue weighted by molar-refractivity contribution is 7.98. The van der Waals surface area contributed by atoms with Gasteiger partial charge in [0.2, 0.25) is 0 Å². The monoisotopic (exact) mass is 466 g/mol. The topological polar surface area (TPSA) is 58.6 Å². The van der Waals surface area contributed by atoms with Gasteiger partial charge in [-0.05, 0) is 74.7 Å². The van der Waals surface area contributed by atoms with E-state index >= 15 is 0 Å². The van der Waals surface area contributed by atoms with Gasteiger partial charge in [0, 0.05) is 29.5 Å². The maximum absolute atomic E-state index is 13.1. The first-order chi connectivity index (χ1) is 14.5. The number of Topliss-reactive ketones (excluding diaryl/α,β-unsaturated/α-hetero) is 1. The van der Waals surface area contributed by atoms with Gasteiger partial charge in [-0.2, -0.15) is 0 Å². The van der Waals surface area contributed by atoms with E-state index in [4.69, 9.17) is 4.74 Å². The van der Waals surface area contributed by atoms with Crippen molar-refractivity contribution in [1.82, 2.24) is 10.2 Å². The molecule has 0 unspecified atom stereocenters. The number of hydrogen-bond acceptors (Lipinski definition) is 5. The number of methoxy groups -OCH3 is 1. The van der Waals surface area contributed by atoms with E-state index in [1.165, 1.54) is 12.1 Å². The number of benzene rings is 2. The van der Waals surface area contributed by atoms with Gasteiger partial charge in [0.25, 0.3) is 5.91 Å². The van der Waals surface area contributed by atoms with Crippen LogP contribution in [0.15, 0.2) is 47.4 Å². The molecule has 2 aromatic rings. The zero-order valence-electron chi connectivity index (χ0n) is 17.7. The van der Waals surface area contributed by atoms with E-state index in [1.54, 1.807) is 31.0 Å². The van der Waals surface area contributed by atoms with E-state index in [-0.39, 0.29) is 35.8 Å². The fourth-order valence-corrected chi connectivity index (χ4v) is 4.12. The maximum atomic E-state index is 13.1. The van der Waals surface area contributed by atoms with Crippen molar-refractivity contribution >= 4 is 35.9 Å². The fourth-order valence-electron chi connectivity index (χ4n) is 3.68. The number of hydrogen-bond donors (Lipinski definition) is 1. The summed E-state index contributed by atoms with van der Waals surface area (Å²) in [6, 6.07) is 11.3. The van der Waals surface area contributed by atoms with Crippen molar-refractivity contribution in [3.63, 3.8) is 0 Å². The van der Waals surface area contributed by atoms with Crippen molar-refractivity contribution in [3.8, 4) is 5.75 Å². The predicted molar refractivity (Wildman–Crippen MR) is 124 cm³/mol. The normalized spacial score (nSPS) is 14.5. The third-order valence-electron chi connectivity index (χ3n) is 5.45. The minimum atomic E-state index is -0.332. The summed E-state index contributed by atoms with van der Waals surface area (Å²) in [6.07, 6.45) is 3.51. The lowest BCUT2D eigenvalue weighted by atomic mass is 9.89. The van der Waals surface area contributed by atoms with Gasteiger partial charge < -0.3 is 15.0 Å². The highest BCUT2D eigenvalue weighted by Crippen LogP contribution is 2.25. The van der Waals surface area contributed by atoms with Crippen LogP contribution in [0.25, 0.3) is 0 Å². The van der Waals surface area contributed by atoms with Gasteiger partial charge >= 0.3 is 0 Å². The van der Waals surface area contributed by atoms with Crippen LogP contribution in [-0.4, -0.2) is 56.1 Å². The number of nitrogens with zero attached hydrogens (tertiary/aromatic N) is 1. The number of carbonyl (C=O) groups excluding carboxylic acids is 2. The Balaban J connectivity index is 0.00000341. The van der Waals surface area contributed by atoms with E-state index < -0.39 is 0 Å². The van der Waals surface area contributed by atoms with Crippen molar-refractivity contribution in [2.75, 3.05) is 39.5 Å². The molecule has 0 spiro atoms. The highest BCUT2D eigenvalue weighted by Gasteiger charge is 2.25. The van der Waals surface area contributed by atoms with Gasteiger partial charge in [-0.3, -0.25) is 9.59 Å². The summed E-state index contributed by atoms with van der Waals surface area (Å²) in [7, 11) is 1.56.